The second-order valence-electron chi connectivity index (χ2n) is 9.77. The SMILES string of the molecule is CC(C)c1ccc2c(Nc3cc(C(=O)Nc4ccc(Br)cc4)ccc3Sc3ccc(N(C)C)cc3)ncnc2n1. The van der Waals surface area contributed by atoms with Gasteiger partial charge in [-0.05, 0) is 84.8 Å². The van der Waals surface area contributed by atoms with Gasteiger partial charge in [-0.2, -0.15) is 0 Å². The Morgan fingerprint density at radius 1 is 0.925 bits per heavy atom. The van der Waals surface area contributed by atoms with E-state index in [0.29, 0.717) is 22.9 Å². The quantitative estimate of drug-likeness (QED) is 0.183. The molecule has 0 fully saturated rings. The molecule has 0 spiro atoms. The molecule has 7 nitrogen and oxygen atoms in total. The lowest BCUT2D eigenvalue weighted by molar-refractivity contribution is 0.102. The standard InChI is InChI=1S/C31H29BrN6OS/c1-19(2)26-15-14-25-29(36-26)33-18-34-30(25)37-27-17-20(31(39)35-22-8-6-21(32)7-9-22)5-16-28(27)40-24-12-10-23(11-13-24)38(3)4/h5-19H,1-4H3,(H,35,39)(H,33,34,36,37). The van der Waals surface area contributed by atoms with Crippen molar-refractivity contribution in [1.82, 2.24) is 15.0 Å². The largest absolute Gasteiger partial charge is 0.378 e. The van der Waals surface area contributed by atoms with Gasteiger partial charge in [0.05, 0.1) is 11.1 Å². The van der Waals surface area contributed by atoms with E-state index in [9.17, 15) is 4.79 Å². The first-order valence-corrected chi connectivity index (χ1v) is 14.4. The number of carbonyl (C=O) groups excluding carboxylic acids is 1. The number of nitrogens with zero attached hydrogens (tertiary/aromatic N) is 4. The van der Waals surface area contributed by atoms with Crippen molar-refractivity contribution in [2.75, 3.05) is 29.6 Å². The summed E-state index contributed by atoms with van der Waals surface area (Å²) in [6, 6.07) is 25.5. The molecule has 202 valence electrons. The molecule has 0 saturated carbocycles. The van der Waals surface area contributed by atoms with Crippen LogP contribution in [0, 0.1) is 0 Å². The minimum Gasteiger partial charge on any atom is -0.378 e. The topological polar surface area (TPSA) is 83.0 Å². The molecule has 0 atom stereocenters. The Hall–Kier alpha value is -3.95. The lowest BCUT2D eigenvalue weighted by atomic mass is 10.1. The van der Waals surface area contributed by atoms with Crippen LogP contribution in [0.3, 0.4) is 0 Å². The maximum atomic E-state index is 13.2. The molecule has 40 heavy (non-hydrogen) atoms. The van der Waals surface area contributed by atoms with E-state index in [1.165, 1.54) is 6.33 Å². The molecule has 2 N–H and O–H groups in total. The van der Waals surface area contributed by atoms with Crippen molar-refractivity contribution >= 4 is 67.5 Å². The first kappa shape index (κ1) is 27.6. The highest BCUT2D eigenvalue weighted by Crippen LogP contribution is 2.37. The molecule has 3 aromatic carbocycles. The molecule has 0 unspecified atom stereocenters. The van der Waals surface area contributed by atoms with E-state index in [2.05, 4.69) is 79.5 Å². The van der Waals surface area contributed by atoms with E-state index < -0.39 is 0 Å². The maximum absolute atomic E-state index is 13.2. The molecule has 0 aliphatic heterocycles. The Bertz CT molecular complexity index is 1660. The van der Waals surface area contributed by atoms with Crippen molar-refractivity contribution in [1.29, 1.82) is 0 Å². The fourth-order valence-electron chi connectivity index (χ4n) is 4.04. The van der Waals surface area contributed by atoms with Crippen LogP contribution in [0.4, 0.5) is 22.9 Å². The van der Waals surface area contributed by atoms with Crippen molar-refractivity contribution in [3.63, 3.8) is 0 Å². The maximum Gasteiger partial charge on any atom is 0.255 e. The first-order valence-electron chi connectivity index (χ1n) is 12.8. The number of carbonyl (C=O) groups is 1. The number of aromatic nitrogens is 3. The minimum atomic E-state index is -0.201. The lowest BCUT2D eigenvalue weighted by Gasteiger charge is -2.16. The molecule has 2 aromatic heterocycles. The van der Waals surface area contributed by atoms with Gasteiger partial charge in [-0.25, -0.2) is 15.0 Å². The number of rotatable bonds is 8. The van der Waals surface area contributed by atoms with E-state index in [-0.39, 0.29) is 5.91 Å². The third kappa shape index (κ3) is 6.43. The van der Waals surface area contributed by atoms with Crippen molar-refractivity contribution in [2.45, 2.75) is 29.6 Å². The third-order valence-corrected chi connectivity index (χ3v) is 7.90. The highest BCUT2D eigenvalue weighted by molar-refractivity contribution is 9.10. The Balaban J connectivity index is 1.50. The van der Waals surface area contributed by atoms with Gasteiger partial charge in [-0.15, -0.1) is 0 Å². The van der Waals surface area contributed by atoms with E-state index in [4.69, 9.17) is 4.98 Å². The Labute approximate surface area is 246 Å². The van der Waals surface area contributed by atoms with E-state index in [1.807, 2.05) is 68.7 Å². The van der Waals surface area contributed by atoms with Gasteiger partial charge < -0.3 is 15.5 Å². The molecular weight excluding hydrogens is 584 g/mol. The third-order valence-electron chi connectivity index (χ3n) is 6.29. The number of amides is 1. The van der Waals surface area contributed by atoms with Crippen LogP contribution in [-0.2, 0) is 0 Å². The van der Waals surface area contributed by atoms with Gasteiger partial charge in [0.25, 0.3) is 5.91 Å². The van der Waals surface area contributed by atoms with E-state index >= 15 is 0 Å². The summed E-state index contributed by atoms with van der Waals surface area (Å²) >= 11 is 5.05. The second kappa shape index (κ2) is 12.1. The minimum absolute atomic E-state index is 0.201. The van der Waals surface area contributed by atoms with Gasteiger partial charge in [-0.3, -0.25) is 4.79 Å². The Morgan fingerprint density at radius 2 is 1.68 bits per heavy atom. The van der Waals surface area contributed by atoms with Gasteiger partial charge in [0.15, 0.2) is 5.65 Å². The van der Waals surface area contributed by atoms with Crippen LogP contribution in [0.25, 0.3) is 11.0 Å². The van der Waals surface area contributed by atoms with Crippen LogP contribution in [0.15, 0.2) is 99.5 Å². The second-order valence-corrected chi connectivity index (χ2v) is 11.8. The zero-order valence-electron chi connectivity index (χ0n) is 22.6. The summed E-state index contributed by atoms with van der Waals surface area (Å²) in [4.78, 5) is 30.9. The van der Waals surface area contributed by atoms with Gasteiger partial charge in [0.2, 0.25) is 0 Å². The van der Waals surface area contributed by atoms with E-state index in [0.717, 1.165) is 42.4 Å². The molecule has 5 rings (SSSR count). The lowest BCUT2D eigenvalue weighted by Crippen LogP contribution is -2.12. The summed E-state index contributed by atoms with van der Waals surface area (Å²) in [7, 11) is 4.04. The van der Waals surface area contributed by atoms with Crippen LogP contribution >= 0.6 is 27.7 Å². The van der Waals surface area contributed by atoms with Gasteiger partial charge in [0, 0.05) is 51.0 Å². The molecule has 0 bridgehead atoms. The summed E-state index contributed by atoms with van der Waals surface area (Å²) in [6.45, 7) is 4.21. The normalized spacial score (nSPS) is 11.1. The molecule has 5 aromatic rings. The number of hydrogen-bond acceptors (Lipinski definition) is 7. The average molecular weight is 614 g/mol. The number of fused-ring (bicyclic) bond motifs is 1. The zero-order valence-corrected chi connectivity index (χ0v) is 25.0. The van der Waals surface area contributed by atoms with Crippen molar-refractivity contribution in [3.05, 3.63) is 101 Å². The average Bonchev–Trinajstić information content (AvgIpc) is 2.95. The highest BCUT2D eigenvalue weighted by atomic mass is 79.9. The van der Waals surface area contributed by atoms with Gasteiger partial charge >= 0.3 is 0 Å². The number of anilines is 4. The van der Waals surface area contributed by atoms with Gasteiger partial charge in [0.1, 0.15) is 12.1 Å². The van der Waals surface area contributed by atoms with Crippen LogP contribution in [0.5, 0.6) is 0 Å². The summed E-state index contributed by atoms with van der Waals surface area (Å²) in [5.41, 5.74) is 4.73. The fourth-order valence-corrected chi connectivity index (χ4v) is 5.19. The molecule has 0 radical (unpaired) electrons. The molecule has 0 aliphatic carbocycles. The number of pyridine rings is 1. The van der Waals surface area contributed by atoms with E-state index in [1.54, 1.807) is 11.8 Å². The number of benzene rings is 3. The molecule has 2 heterocycles. The van der Waals surface area contributed by atoms with Gasteiger partial charge in [-0.1, -0.05) is 41.5 Å². The number of hydrogen-bond donors (Lipinski definition) is 2. The summed E-state index contributed by atoms with van der Waals surface area (Å²) < 4.78 is 0.948. The monoisotopic (exact) mass is 612 g/mol. The predicted octanol–water partition coefficient (Wildman–Crippen LogP) is 8.12. The number of halogens is 1. The predicted molar refractivity (Wildman–Crippen MR) is 168 cm³/mol. The molecule has 0 aliphatic rings. The summed E-state index contributed by atoms with van der Waals surface area (Å²) in [5, 5.41) is 7.26. The fraction of sp³-hybridized carbons (Fsp3) is 0.161. The highest BCUT2D eigenvalue weighted by Gasteiger charge is 2.15. The molecule has 1 amide bonds. The van der Waals surface area contributed by atoms with Crippen LogP contribution in [0.2, 0.25) is 0 Å². The molecule has 0 saturated heterocycles. The van der Waals surface area contributed by atoms with Crippen molar-refractivity contribution in [3.8, 4) is 0 Å². The van der Waals surface area contributed by atoms with Crippen LogP contribution in [0.1, 0.15) is 35.8 Å². The smallest absolute Gasteiger partial charge is 0.255 e. The summed E-state index contributed by atoms with van der Waals surface area (Å²) in [6.07, 6.45) is 1.51. The van der Waals surface area contributed by atoms with Crippen molar-refractivity contribution < 1.29 is 4.79 Å². The zero-order chi connectivity index (χ0) is 28.2. The van der Waals surface area contributed by atoms with Crippen LogP contribution in [-0.4, -0.2) is 35.0 Å². The summed E-state index contributed by atoms with van der Waals surface area (Å²) in [5.74, 6) is 0.717. The van der Waals surface area contributed by atoms with Crippen LogP contribution < -0.4 is 15.5 Å². The Morgan fingerprint density at radius 3 is 2.38 bits per heavy atom. The molecular formula is C31H29BrN6OS. The molecule has 9 heteroatoms. The Kier molecular flexibility index (Phi) is 8.32. The first-order chi connectivity index (χ1) is 19.3. The number of nitrogens with one attached hydrogen (secondary N) is 2. The van der Waals surface area contributed by atoms with Crippen molar-refractivity contribution in [2.24, 2.45) is 0 Å².